The van der Waals surface area contributed by atoms with Crippen LogP contribution in [0.5, 0.6) is 0 Å². The number of amides is 1. The first kappa shape index (κ1) is 11.6. The van der Waals surface area contributed by atoms with Crippen LogP contribution in [0, 0.1) is 0 Å². The second-order valence-electron chi connectivity index (χ2n) is 4.01. The maximum absolute atomic E-state index is 11.7. The van der Waals surface area contributed by atoms with E-state index in [-0.39, 0.29) is 5.91 Å². The number of para-hydroxylation sites is 1. The van der Waals surface area contributed by atoms with Gasteiger partial charge in [-0.25, -0.2) is 0 Å². The maximum atomic E-state index is 11.7. The van der Waals surface area contributed by atoms with Crippen LogP contribution < -0.4 is 5.32 Å². The van der Waals surface area contributed by atoms with Gasteiger partial charge >= 0.3 is 0 Å². The van der Waals surface area contributed by atoms with Gasteiger partial charge in [0, 0.05) is 4.47 Å². The summed E-state index contributed by atoms with van der Waals surface area (Å²) in [5.41, 5.74) is 0.840. The van der Waals surface area contributed by atoms with Crippen LogP contribution in [0.15, 0.2) is 28.7 Å². The molecule has 1 fully saturated rings. The zero-order valence-corrected chi connectivity index (χ0v) is 10.7. The fraction of sp³-hybridized carbons (Fsp3) is 0.417. The molecule has 86 valence electrons. The first-order valence-electron chi connectivity index (χ1n) is 5.52. The van der Waals surface area contributed by atoms with Crippen LogP contribution in [0.3, 0.4) is 0 Å². The van der Waals surface area contributed by atoms with Gasteiger partial charge in [0.05, 0.1) is 12.2 Å². The smallest absolute Gasteiger partial charge is 0.238 e. The predicted molar refractivity (Wildman–Crippen MR) is 68.4 cm³/mol. The van der Waals surface area contributed by atoms with E-state index in [0.717, 1.165) is 23.2 Å². The topological polar surface area (TPSA) is 32.3 Å². The number of carbonyl (C=O) groups is 1. The van der Waals surface area contributed by atoms with Crippen molar-refractivity contribution in [3.05, 3.63) is 28.7 Å². The summed E-state index contributed by atoms with van der Waals surface area (Å²) in [6.07, 6.45) is 2.42. The van der Waals surface area contributed by atoms with Gasteiger partial charge < -0.3 is 5.32 Å². The SMILES string of the molecule is O=C(CN1CCCC1)Nc1ccccc1Br. The lowest BCUT2D eigenvalue weighted by molar-refractivity contribution is -0.117. The van der Waals surface area contributed by atoms with Gasteiger partial charge in [-0.1, -0.05) is 12.1 Å². The number of benzene rings is 1. The second-order valence-corrected chi connectivity index (χ2v) is 4.87. The molecule has 0 spiro atoms. The molecule has 0 aliphatic carbocycles. The van der Waals surface area contributed by atoms with Crippen LogP contribution in [0.25, 0.3) is 0 Å². The standard InChI is InChI=1S/C12H15BrN2O/c13-10-5-1-2-6-11(10)14-12(16)9-15-7-3-4-8-15/h1-2,5-6H,3-4,7-9H2,(H,14,16). The lowest BCUT2D eigenvalue weighted by Gasteiger charge is -2.14. The van der Waals surface area contributed by atoms with Gasteiger partial charge in [0.1, 0.15) is 0 Å². The zero-order valence-electron chi connectivity index (χ0n) is 9.08. The minimum atomic E-state index is 0.0637. The molecule has 3 nitrogen and oxygen atoms in total. The Labute approximate surface area is 104 Å². The average Bonchev–Trinajstić information content (AvgIpc) is 2.74. The molecule has 1 N–H and O–H groups in total. The molecule has 1 saturated heterocycles. The molecular formula is C12H15BrN2O. The molecule has 0 aromatic heterocycles. The number of nitrogens with one attached hydrogen (secondary N) is 1. The number of hydrogen-bond donors (Lipinski definition) is 1. The summed E-state index contributed by atoms with van der Waals surface area (Å²) in [6, 6.07) is 7.66. The van der Waals surface area contributed by atoms with E-state index in [1.807, 2.05) is 24.3 Å². The van der Waals surface area contributed by atoms with E-state index in [1.165, 1.54) is 12.8 Å². The fourth-order valence-corrected chi connectivity index (χ4v) is 2.28. The minimum Gasteiger partial charge on any atom is -0.324 e. The third-order valence-electron chi connectivity index (χ3n) is 2.71. The first-order valence-corrected chi connectivity index (χ1v) is 6.32. The van der Waals surface area contributed by atoms with Crippen LogP contribution in [0.4, 0.5) is 5.69 Å². The van der Waals surface area contributed by atoms with E-state index >= 15 is 0 Å². The van der Waals surface area contributed by atoms with E-state index in [1.54, 1.807) is 0 Å². The largest absolute Gasteiger partial charge is 0.324 e. The summed E-state index contributed by atoms with van der Waals surface area (Å²) in [4.78, 5) is 13.9. The summed E-state index contributed by atoms with van der Waals surface area (Å²) in [5.74, 6) is 0.0637. The summed E-state index contributed by atoms with van der Waals surface area (Å²) in [7, 11) is 0. The Balaban J connectivity index is 1.89. The van der Waals surface area contributed by atoms with Crippen molar-refractivity contribution in [1.29, 1.82) is 0 Å². The molecule has 1 aromatic rings. The van der Waals surface area contributed by atoms with Gasteiger partial charge in [0.2, 0.25) is 5.91 Å². The van der Waals surface area contributed by atoms with Crippen molar-refractivity contribution in [3.8, 4) is 0 Å². The van der Waals surface area contributed by atoms with Crippen molar-refractivity contribution >= 4 is 27.5 Å². The van der Waals surface area contributed by atoms with Crippen molar-refractivity contribution in [3.63, 3.8) is 0 Å². The van der Waals surface area contributed by atoms with E-state index in [4.69, 9.17) is 0 Å². The highest BCUT2D eigenvalue weighted by atomic mass is 79.9. The molecule has 1 aromatic carbocycles. The third-order valence-corrected chi connectivity index (χ3v) is 3.41. The highest BCUT2D eigenvalue weighted by molar-refractivity contribution is 9.10. The molecule has 0 unspecified atom stereocenters. The Hall–Kier alpha value is -0.870. The fourth-order valence-electron chi connectivity index (χ4n) is 1.90. The quantitative estimate of drug-likeness (QED) is 0.924. The van der Waals surface area contributed by atoms with Gasteiger partial charge in [-0.05, 0) is 54.0 Å². The Morgan fingerprint density at radius 2 is 2.00 bits per heavy atom. The molecule has 4 heteroatoms. The van der Waals surface area contributed by atoms with Crippen molar-refractivity contribution in [2.75, 3.05) is 25.0 Å². The van der Waals surface area contributed by atoms with E-state index in [2.05, 4.69) is 26.1 Å². The highest BCUT2D eigenvalue weighted by Crippen LogP contribution is 2.21. The van der Waals surface area contributed by atoms with Crippen molar-refractivity contribution in [2.45, 2.75) is 12.8 Å². The Bertz CT molecular complexity index is 375. The lowest BCUT2D eigenvalue weighted by Crippen LogP contribution is -2.30. The second kappa shape index (κ2) is 5.46. The maximum Gasteiger partial charge on any atom is 0.238 e. The minimum absolute atomic E-state index is 0.0637. The van der Waals surface area contributed by atoms with Crippen molar-refractivity contribution in [2.24, 2.45) is 0 Å². The molecular weight excluding hydrogens is 268 g/mol. The average molecular weight is 283 g/mol. The van der Waals surface area contributed by atoms with E-state index in [9.17, 15) is 4.79 Å². The van der Waals surface area contributed by atoms with E-state index in [0.29, 0.717) is 6.54 Å². The first-order chi connectivity index (χ1) is 7.75. The number of likely N-dealkylation sites (tertiary alicyclic amines) is 1. The van der Waals surface area contributed by atoms with E-state index < -0.39 is 0 Å². The highest BCUT2D eigenvalue weighted by Gasteiger charge is 2.15. The van der Waals surface area contributed by atoms with Gasteiger partial charge in [0.25, 0.3) is 0 Å². The van der Waals surface area contributed by atoms with Crippen LogP contribution in [-0.4, -0.2) is 30.4 Å². The molecule has 1 aliphatic rings. The Morgan fingerprint density at radius 1 is 1.31 bits per heavy atom. The Morgan fingerprint density at radius 3 is 2.69 bits per heavy atom. The molecule has 2 rings (SSSR count). The molecule has 0 atom stereocenters. The molecule has 0 radical (unpaired) electrons. The van der Waals surface area contributed by atoms with Gasteiger partial charge in [-0.15, -0.1) is 0 Å². The summed E-state index contributed by atoms with van der Waals surface area (Å²) in [6.45, 7) is 2.59. The number of anilines is 1. The normalized spacial score (nSPS) is 16.3. The summed E-state index contributed by atoms with van der Waals surface area (Å²) in [5, 5.41) is 2.91. The van der Waals surface area contributed by atoms with Crippen LogP contribution >= 0.6 is 15.9 Å². The van der Waals surface area contributed by atoms with Crippen LogP contribution in [0.1, 0.15) is 12.8 Å². The summed E-state index contributed by atoms with van der Waals surface area (Å²) >= 11 is 3.41. The van der Waals surface area contributed by atoms with Gasteiger partial charge in [-0.3, -0.25) is 9.69 Å². The molecule has 16 heavy (non-hydrogen) atoms. The monoisotopic (exact) mass is 282 g/mol. The Kier molecular flexibility index (Phi) is 3.96. The van der Waals surface area contributed by atoms with Crippen LogP contribution in [-0.2, 0) is 4.79 Å². The molecule has 1 amide bonds. The number of nitrogens with zero attached hydrogens (tertiary/aromatic N) is 1. The van der Waals surface area contributed by atoms with Gasteiger partial charge in [-0.2, -0.15) is 0 Å². The molecule has 0 saturated carbocycles. The molecule has 0 bridgehead atoms. The molecule has 1 aliphatic heterocycles. The zero-order chi connectivity index (χ0) is 11.4. The van der Waals surface area contributed by atoms with Crippen molar-refractivity contribution in [1.82, 2.24) is 4.90 Å². The van der Waals surface area contributed by atoms with Crippen LogP contribution in [0.2, 0.25) is 0 Å². The lowest BCUT2D eigenvalue weighted by atomic mass is 10.3. The number of rotatable bonds is 3. The van der Waals surface area contributed by atoms with Crippen molar-refractivity contribution < 1.29 is 4.79 Å². The number of hydrogen-bond acceptors (Lipinski definition) is 2. The third kappa shape index (κ3) is 3.06. The molecule has 1 heterocycles. The number of halogens is 1. The predicted octanol–water partition coefficient (Wildman–Crippen LogP) is 2.48. The van der Waals surface area contributed by atoms with Gasteiger partial charge in [0.15, 0.2) is 0 Å². The summed E-state index contributed by atoms with van der Waals surface area (Å²) < 4.78 is 0.921. The number of carbonyl (C=O) groups excluding carboxylic acids is 1.